The van der Waals surface area contributed by atoms with Crippen LogP contribution in [0.5, 0.6) is 0 Å². The van der Waals surface area contributed by atoms with Crippen LogP contribution < -0.4 is 0 Å². The first-order valence-corrected chi connectivity index (χ1v) is 6.27. The normalized spacial score (nSPS) is 9.89. The lowest BCUT2D eigenvalue weighted by atomic mass is 10.1. The van der Waals surface area contributed by atoms with E-state index in [0.717, 1.165) is 19.3 Å². The van der Waals surface area contributed by atoms with Gasteiger partial charge in [-0.15, -0.1) is 0 Å². The third-order valence-corrected chi connectivity index (χ3v) is 2.20. The summed E-state index contributed by atoms with van der Waals surface area (Å²) in [5.41, 5.74) is 0. The van der Waals surface area contributed by atoms with E-state index in [1.165, 1.54) is 0 Å². The van der Waals surface area contributed by atoms with E-state index in [9.17, 15) is 9.59 Å². The van der Waals surface area contributed by atoms with E-state index in [4.69, 9.17) is 25.5 Å². The van der Waals surface area contributed by atoms with Gasteiger partial charge in [0.25, 0.3) is 0 Å². The highest BCUT2D eigenvalue weighted by Crippen LogP contribution is 2.06. The molecule has 114 valence electrons. The highest BCUT2D eigenvalue weighted by Gasteiger charge is 1.98. The molecule has 7 nitrogen and oxygen atoms in total. The van der Waals surface area contributed by atoms with E-state index in [2.05, 4.69) is 0 Å². The van der Waals surface area contributed by atoms with Crippen LogP contribution in [0, 0.1) is 0 Å². The second-order valence-electron chi connectivity index (χ2n) is 4.07. The number of carboxylic acids is 2. The lowest BCUT2D eigenvalue weighted by Gasteiger charge is -1.97. The first-order valence-electron chi connectivity index (χ1n) is 6.27. The maximum atomic E-state index is 10.1. The number of aliphatic carboxylic acids is 2. The lowest BCUT2D eigenvalue weighted by Crippen LogP contribution is -2.15. The summed E-state index contributed by atoms with van der Waals surface area (Å²) >= 11 is 0. The fourth-order valence-corrected chi connectivity index (χ4v) is 1.14. The van der Waals surface area contributed by atoms with Crippen LogP contribution in [0.3, 0.4) is 0 Å². The predicted molar refractivity (Wildman–Crippen MR) is 67.8 cm³/mol. The summed E-state index contributed by atoms with van der Waals surface area (Å²) < 4.78 is 0. The SMILES string of the molecule is O=C(O)CCCCCCCC(=O)O.OCC(O)CO. The Morgan fingerprint density at radius 1 is 0.737 bits per heavy atom. The molecule has 0 spiro atoms. The van der Waals surface area contributed by atoms with Gasteiger partial charge in [-0.3, -0.25) is 9.59 Å². The maximum Gasteiger partial charge on any atom is 0.303 e. The van der Waals surface area contributed by atoms with E-state index in [1.54, 1.807) is 0 Å². The van der Waals surface area contributed by atoms with E-state index >= 15 is 0 Å². The van der Waals surface area contributed by atoms with Crippen LogP contribution in [0.25, 0.3) is 0 Å². The largest absolute Gasteiger partial charge is 0.481 e. The van der Waals surface area contributed by atoms with Gasteiger partial charge in [0, 0.05) is 12.8 Å². The summed E-state index contributed by atoms with van der Waals surface area (Å²) in [4.78, 5) is 20.2. The predicted octanol–water partition coefficient (Wildman–Crippen LogP) is 0.218. The molecule has 0 aliphatic heterocycles. The molecular formula is C12H24O7. The van der Waals surface area contributed by atoms with Gasteiger partial charge in [-0.25, -0.2) is 0 Å². The molecule has 0 rings (SSSR count). The Hall–Kier alpha value is -1.18. The molecule has 0 aromatic rings. The molecule has 0 radical (unpaired) electrons. The number of unbranched alkanes of at least 4 members (excludes halogenated alkanes) is 4. The van der Waals surface area contributed by atoms with E-state index in [0.29, 0.717) is 12.8 Å². The van der Waals surface area contributed by atoms with Crippen molar-refractivity contribution in [2.75, 3.05) is 13.2 Å². The van der Waals surface area contributed by atoms with Crippen LogP contribution in [-0.2, 0) is 9.59 Å². The van der Waals surface area contributed by atoms with Gasteiger partial charge in [-0.2, -0.15) is 0 Å². The van der Waals surface area contributed by atoms with Crippen molar-refractivity contribution >= 4 is 11.9 Å². The number of hydrogen-bond acceptors (Lipinski definition) is 5. The Labute approximate surface area is 112 Å². The van der Waals surface area contributed by atoms with E-state index in [1.807, 2.05) is 0 Å². The molecule has 0 aliphatic rings. The Balaban J connectivity index is 0. The highest BCUT2D eigenvalue weighted by molar-refractivity contribution is 5.66. The van der Waals surface area contributed by atoms with Gasteiger partial charge >= 0.3 is 11.9 Å². The summed E-state index contributed by atoms with van der Waals surface area (Å²) in [6.45, 7) is -0.729. The van der Waals surface area contributed by atoms with Crippen LogP contribution in [0.15, 0.2) is 0 Å². The average molecular weight is 280 g/mol. The minimum atomic E-state index is -0.954. The first-order chi connectivity index (χ1) is 8.93. The molecule has 0 aromatic carbocycles. The molecule has 7 heteroatoms. The summed E-state index contributed by atoms with van der Waals surface area (Å²) in [6, 6.07) is 0. The number of aliphatic hydroxyl groups is 3. The number of rotatable bonds is 10. The van der Waals surface area contributed by atoms with Crippen molar-refractivity contribution in [1.82, 2.24) is 0 Å². The van der Waals surface area contributed by atoms with Crippen LogP contribution in [0.2, 0.25) is 0 Å². The Bertz CT molecular complexity index is 208. The van der Waals surface area contributed by atoms with Crippen LogP contribution in [0.1, 0.15) is 44.9 Å². The number of hydrogen-bond donors (Lipinski definition) is 5. The number of carbonyl (C=O) groups is 2. The molecule has 0 saturated heterocycles. The summed E-state index contributed by atoms with van der Waals surface area (Å²) in [5, 5.41) is 40.6. The highest BCUT2D eigenvalue weighted by atomic mass is 16.4. The van der Waals surface area contributed by atoms with Crippen molar-refractivity contribution in [3.63, 3.8) is 0 Å². The van der Waals surface area contributed by atoms with Gasteiger partial charge < -0.3 is 25.5 Å². The van der Waals surface area contributed by atoms with Gasteiger partial charge in [0.05, 0.1) is 13.2 Å². The zero-order chi connectivity index (χ0) is 15.1. The van der Waals surface area contributed by atoms with Gasteiger partial charge in [0.1, 0.15) is 6.10 Å². The van der Waals surface area contributed by atoms with Gasteiger partial charge in [-0.05, 0) is 12.8 Å². The van der Waals surface area contributed by atoms with Crippen molar-refractivity contribution in [2.45, 2.75) is 51.0 Å². The Kier molecular flexibility index (Phi) is 15.8. The molecule has 0 fully saturated rings. The quantitative estimate of drug-likeness (QED) is 0.361. The van der Waals surface area contributed by atoms with Crippen LogP contribution >= 0.6 is 0 Å². The van der Waals surface area contributed by atoms with Crippen molar-refractivity contribution in [1.29, 1.82) is 0 Å². The topological polar surface area (TPSA) is 135 Å². The third kappa shape index (κ3) is 22.5. The van der Waals surface area contributed by atoms with Gasteiger partial charge in [-0.1, -0.05) is 19.3 Å². The zero-order valence-corrected chi connectivity index (χ0v) is 11.0. The number of aliphatic hydroxyl groups excluding tert-OH is 3. The monoisotopic (exact) mass is 280 g/mol. The molecule has 0 saturated carbocycles. The minimum Gasteiger partial charge on any atom is -0.481 e. The Morgan fingerprint density at radius 3 is 1.26 bits per heavy atom. The number of carboxylic acid groups (broad SMARTS) is 2. The second-order valence-corrected chi connectivity index (χ2v) is 4.07. The van der Waals surface area contributed by atoms with Crippen LogP contribution in [0.4, 0.5) is 0 Å². The summed E-state index contributed by atoms with van der Waals surface area (Å²) in [5.74, 6) is -1.52. The maximum absolute atomic E-state index is 10.1. The molecule has 0 atom stereocenters. The van der Waals surface area contributed by atoms with Gasteiger partial charge in [0.2, 0.25) is 0 Å². The van der Waals surface area contributed by atoms with E-state index < -0.39 is 18.0 Å². The molecule has 0 unspecified atom stereocenters. The molecular weight excluding hydrogens is 256 g/mol. The molecule has 0 bridgehead atoms. The van der Waals surface area contributed by atoms with Crippen molar-refractivity contribution < 1.29 is 35.1 Å². The molecule has 0 aliphatic carbocycles. The van der Waals surface area contributed by atoms with E-state index in [-0.39, 0.29) is 26.1 Å². The molecule has 5 N–H and O–H groups in total. The molecule has 0 aromatic heterocycles. The summed E-state index contributed by atoms with van der Waals surface area (Å²) in [7, 11) is 0. The molecule has 19 heavy (non-hydrogen) atoms. The first kappa shape index (κ1) is 20.1. The van der Waals surface area contributed by atoms with Crippen LogP contribution in [-0.4, -0.2) is 56.8 Å². The average Bonchev–Trinajstić information content (AvgIpc) is 2.36. The third-order valence-electron chi connectivity index (χ3n) is 2.20. The van der Waals surface area contributed by atoms with Crippen molar-refractivity contribution in [3.05, 3.63) is 0 Å². The summed E-state index contributed by atoms with van der Waals surface area (Å²) in [6.07, 6.45) is 3.58. The second kappa shape index (κ2) is 14.9. The zero-order valence-electron chi connectivity index (χ0n) is 11.0. The van der Waals surface area contributed by atoms with Gasteiger partial charge in [0.15, 0.2) is 0 Å². The Morgan fingerprint density at radius 2 is 1.05 bits per heavy atom. The minimum absolute atomic E-state index is 0.221. The molecule has 0 amide bonds. The standard InChI is InChI=1S/C9H16O4.C3H8O3/c10-8(11)6-4-2-1-3-5-7-9(12)13;4-1-3(6)2-5/h1-7H2,(H,10,11)(H,12,13);3-6H,1-2H2. The molecule has 0 heterocycles. The smallest absolute Gasteiger partial charge is 0.303 e. The fraction of sp³-hybridized carbons (Fsp3) is 0.833. The fourth-order valence-electron chi connectivity index (χ4n) is 1.14. The van der Waals surface area contributed by atoms with Crippen molar-refractivity contribution in [2.24, 2.45) is 0 Å². The lowest BCUT2D eigenvalue weighted by molar-refractivity contribution is -0.138. The van der Waals surface area contributed by atoms with Crippen molar-refractivity contribution in [3.8, 4) is 0 Å².